The maximum atomic E-state index is 9.74. The van der Waals surface area contributed by atoms with Crippen LogP contribution < -0.4 is 0 Å². The summed E-state index contributed by atoms with van der Waals surface area (Å²) in [5, 5.41) is 9.74. The van der Waals surface area contributed by atoms with Crippen LogP contribution in [0.4, 0.5) is 0 Å². The van der Waals surface area contributed by atoms with Crippen LogP contribution in [0.1, 0.15) is 157 Å². The second-order valence-electron chi connectivity index (χ2n) is 15.5. The Morgan fingerprint density at radius 1 is 0.800 bits per heavy atom. The fourth-order valence-corrected chi connectivity index (χ4v) is 7.49. The smallest absolute Gasteiger partial charge is 0.0522 e. The molecule has 1 nitrogen and oxygen atoms in total. The lowest BCUT2D eigenvalue weighted by atomic mass is 9.84. The van der Waals surface area contributed by atoms with Gasteiger partial charge in [0.05, 0.1) is 6.61 Å². The Labute approximate surface area is 308 Å². The van der Waals surface area contributed by atoms with Crippen LogP contribution >= 0.6 is 0 Å². The summed E-state index contributed by atoms with van der Waals surface area (Å²) in [6.45, 7) is 27.9. The average Bonchev–Trinajstić information content (AvgIpc) is 3.66. The quantitative estimate of drug-likeness (QED) is 0.236. The Kier molecular flexibility index (Phi) is 15.2. The molecule has 272 valence electrons. The van der Waals surface area contributed by atoms with Crippen molar-refractivity contribution in [2.75, 3.05) is 6.61 Å². The lowest BCUT2D eigenvalue weighted by molar-refractivity contribution is 0.193. The van der Waals surface area contributed by atoms with Crippen molar-refractivity contribution in [2.24, 2.45) is 5.41 Å². The topological polar surface area (TPSA) is 20.2 Å². The summed E-state index contributed by atoms with van der Waals surface area (Å²) in [5.41, 5.74) is 18.8. The van der Waals surface area contributed by atoms with Gasteiger partial charge in [-0.25, -0.2) is 0 Å². The largest absolute Gasteiger partial charge is 0.395 e. The predicted molar refractivity (Wildman–Crippen MR) is 223 cm³/mol. The molecule has 3 aliphatic carbocycles. The summed E-state index contributed by atoms with van der Waals surface area (Å²) >= 11 is 0. The minimum Gasteiger partial charge on any atom is -0.395 e. The van der Waals surface area contributed by atoms with Crippen LogP contribution in [0, 0.1) is 26.2 Å². The SMILES string of the molecule is CC.CC.CC(C)=C/C=C(\C=C\c1cc2c(cc1C)C(C)CC2)C(C)(C)CO.CCC1(c2ccc(C)c(-c3cc4c(cc3C)CCC4)c2)CC1. The third-order valence-electron chi connectivity index (χ3n) is 11.2. The van der Waals surface area contributed by atoms with Crippen molar-refractivity contribution in [3.05, 3.63) is 122 Å². The van der Waals surface area contributed by atoms with Gasteiger partial charge in [-0.1, -0.05) is 128 Å². The van der Waals surface area contributed by atoms with Gasteiger partial charge in [-0.05, 0) is 164 Å². The Hall–Kier alpha value is -3.16. The van der Waals surface area contributed by atoms with E-state index in [9.17, 15) is 5.11 Å². The highest BCUT2D eigenvalue weighted by molar-refractivity contribution is 5.73. The normalized spacial score (nSPS) is 17.0. The number of rotatable bonds is 8. The maximum absolute atomic E-state index is 9.74. The fourth-order valence-electron chi connectivity index (χ4n) is 7.49. The van der Waals surface area contributed by atoms with E-state index in [1.807, 2.05) is 27.7 Å². The molecule has 1 heteroatoms. The van der Waals surface area contributed by atoms with Gasteiger partial charge in [0.2, 0.25) is 0 Å². The van der Waals surface area contributed by atoms with Crippen molar-refractivity contribution in [3.63, 3.8) is 0 Å². The first-order valence-corrected chi connectivity index (χ1v) is 19.9. The van der Waals surface area contributed by atoms with Crippen LogP contribution in [0.3, 0.4) is 0 Å². The monoisotopic (exact) mass is 675 g/mol. The minimum absolute atomic E-state index is 0.139. The lowest BCUT2D eigenvalue weighted by Crippen LogP contribution is -2.18. The van der Waals surface area contributed by atoms with Gasteiger partial charge < -0.3 is 5.11 Å². The molecule has 0 aliphatic heterocycles. The van der Waals surface area contributed by atoms with E-state index in [0.29, 0.717) is 11.3 Å². The summed E-state index contributed by atoms with van der Waals surface area (Å²) in [5.74, 6) is 0.693. The first kappa shape index (κ1) is 41.3. The Morgan fingerprint density at radius 2 is 1.44 bits per heavy atom. The number of allylic oxidation sites excluding steroid dienone is 4. The molecule has 1 unspecified atom stereocenters. The van der Waals surface area contributed by atoms with Crippen LogP contribution in [0.2, 0.25) is 0 Å². The molecule has 1 N–H and O–H groups in total. The molecule has 6 rings (SSSR count). The summed E-state index contributed by atoms with van der Waals surface area (Å²) in [6, 6.07) is 16.9. The number of aliphatic hydroxyl groups excluding tert-OH is 1. The van der Waals surface area contributed by atoms with E-state index >= 15 is 0 Å². The number of aliphatic hydroxyl groups is 1. The van der Waals surface area contributed by atoms with Crippen LogP contribution in [-0.2, 0) is 24.7 Å². The van der Waals surface area contributed by atoms with Gasteiger partial charge in [0.15, 0.2) is 0 Å². The van der Waals surface area contributed by atoms with Crippen molar-refractivity contribution in [3.8, 4) is 11.1 Å². The molecule has 0 bridgehead atoms. The third kappa shape index (κ3) is 9.79. The highest BCUT2D eigenvalue weighted by Crippen LogP contribution is 2.51. The standard InChI is InChI=1S/C23H32O.C22H26.2C2H6/c1-16(2)7-11-21(23(5,6)15-24)12-10-19-14-20-9-8-17(3)22(20)13-18(19)4;1-4-22(10-11-22)19-9-8-15(2)21(14-19)20-13-18-7-5-6-17(18)12-16(20)3;2*1-2/h7,10-14,17,24H,8-9,15H2,1-6H3;8-9,12-14H,4-7,10-11H2,1-3H3;2*1-2H3/b12-10+,21-11+;;;. The molecule has 3 aliphatic rings. The minimum atomic E-state index is -0.248. The van der Waals surface area contributed by atoms with Crippen molar-refractivity contribution in [1.82, 2.24) is 0 Å². The van der Waals surface area contributed by atoms with Gasteiger partial charge >= 0.3 is 0 Å². The van der Waals surface area contributed by atoms with E-state index in [4.69, 9.17) is 0 Å². The molecule has 1 fully saturated rings. The number of aryl methyl sites for hydroxylation is 6. The lowest BCUT2D eigenvalue weighted by Gasteiger charge is -2.23. The van der Waals surface area contributed by atoms with E-state index in [1.54, 1.807) is 16.7 Å². The van der Waals surface area contributed by atoms with Crippen molar-refractivity contribution < 1.29 is 5.11 Å². The van der Waals surface area contributed by atoms with Gasteiger partial charge in [0.1, 0.15) is 0 Å². The number of hydrogen-bond acceptors (Lipinski definition) is 1. The first-order chi connectivity index (χ1) is 23.9. The molecule has 0 amide bonds. The summed E-state index contributed by atoms with van der Waals surface area (Å²) < 4.78 is 0. The molecular formula is C49H70O. The summed E-state index contributed by atoms with van der Waals surface area (Å²) in [4.78, 5) is 0. The van der Waals surface area contributed by atoms with Crippen molar-refractivity contribution in [1.29, 1.82) is 0 Å². The first-order valence-electron chi connectivity index (χ1n) is 19.9. The zero-order chi connectivity index (χ0) is 37.2. The van der Waals surface area contributed by atoms with E-state index in [2.05, 4.69) is 129 Å². The zero-order valence-corrected chi connectivity index (χ0v) is 34.2. The van der Waals surface area contributed by atoms with Crippen LogP contribution in [0.5, 0.6) is 0 Å². The van der Waals surface area contributed by atoms with E-state index in [1.165, 1.54) is 101 Å². The molecule has 3 aromatic carbocycles. The highest BCUT2D eigenvalue weighted by Gasteiger charge is 2.42. The van der Waals surface area contributed by atoms with E-state index < -0.39 is 0 Å². The molecular weight excluding hydrogens is 605 g/mol. The van der Waals surface area contributed by atoms with E-state index in [0.717, 1.165) is 5.57 Å². The Morgan fingerprint density at radius 3 is 2.04 bits per heavy atom. The number of hydrogen-bond donors (Lipinski definition) is 1. The third-order valence-corrected chi connectivity index (χ3v) is 11.2. The second kappa shape index (κ2) is 18.4. The highest BCUT2D eigenvalue weighted by atomic mass is 16.3. The fraction of sp³-hybridized carbons (Fsp3) is 0.510. The average molecular weight is 675 g/mol. The summed E-state index contributed by atoms with van der Waals surface area (Å²) in [6.07, 6.45) is 19.0. The molecule has 0 radical (unpaired) electrons. The zero-order valence-electron chi connectivity index (χ0n) is 34.2. The van der Waals surface area contributed by atoms with E-state index in [-0.39, 0.29) is 12.0 Å². The number of fused-ring (bicyclic) bond motifs is 2. The van der Waals surface area contributed by atoms with Gasteiger partial charge in [0, 0.05) is 5.41 Å². The van der Waals surface area contributed by atoms with Crippen molar-refractivity contribution >= 4 is 6.08 Å². The molecule has 50 heavy (non-hydrogen) atoms. The van der Waals surface area contributed by atoms with Gasteiger partial charge in [-0.2, -0.15) is 0 Å². The van der Waals surface area contributed by atoms with Crippen LogP contribution in [-0.4, -0.2) is 11.7 Å². The van der Waals surface area contributed by atoms with Gasteiger partial charge in [-0.3, -0.25) is 0 Å². The van der Waals surface area contributed by atoms with Crippen molar-refractivity contribution in [2.45, 2.75) is 153 Å². The molecule has 0 saturated heterocycles. The van der Waals surface area contributed by atoms with Gasteiger partial charge in [-0.15, -0.1) is 0 Å². The molecule has 0 spiro atoms. The predicted octanol–water partition coefficient (Wildman–Crippen LogP) is 13.9. The molecule has 3 aromatic rings. The Balaban J connectivity index is 0.000000246. The van der Waals surface area contributed by atoms with Crippen LogP contribution in [0.15, 0.2) is 71.8 Å². The maximum Gasteiger partial charge on any atom is 0.0522 e. The Bertz CT molecular complexity index is 1670. The molecule has 0 heterocycles. The van der Waals surface area contributed by atoms with Gasteiger partial charge in [0.25, 0.3) is 0 Å². The number of benzene rings is 3. The summed E-state index contributed by atoms with van der Waals surface area (Å²) in [7, 11) is 0. The van der Waals surface area contributed by atoms with Crippen LogP contribution in [0.25, 0.3) is 17.2 Å². The molecule has 0 aromatic heterocycles. The second-order valence-corrected chi connectivity index (χ2v) is 15.5. The molecule has 1 saturated carbocycles. The molecule has 1 atom stereocenters.